The van der Waals surface area contributed by atoms with Gasteiger partial charge in [-0.25, -0.2) is 0 Å². The lowest BCUT2D eigenvalue weighted by Gasteiger charge is -2.24. The lowest BCUT2D eigenvalue weighted by Crippen LogP contribution is -2.33. The zero-order valence-corrected chi connectivity index (χ0v) is 12.9. The highest BCUT2D eigenvalue weighted by atomic mass is 16.5. The topological polar surface area (TPSA) is 63.6 Å². The Morgan fingerprint density at radius 1 is 1.45 bits per heavy atom. The molecular formula is C16H24O4. The fraction of sp³-hybridized carbons (Fsp3) is 0.625. The fourth-order valence-corrected chi connectivity index (χ4v) is 2.42. The summed E-state index contributed by atoms with van der Waals surface area (Å²) in [5, 5.41) is 10.2. The van der Waals surface area contributed by atoms with Crippen molar-refractivity contribution in [3.63, 3.8) is 0 Å². The van der Waals surface area contributed by atoms with E-state index in [9.17, 15) is 14.7 Å². The van der Waals surface area contributed by atoms with E-state index in [4.69, 9.17) is 4.74 Å². The third kappa shape index (κ3) is 3.01. The summed E-state index contributed by atoms with van der Waals surface area (Å²) in [6.07, 6.45) is 2.92. The minimum Gasteiger partial charge on any atom is -0.479 e. The van der Waals surface area contributed by atoms with Crippen molar-refractivity contribution >= 4 is 12.1 Å². The van der Waals surface area contributed by atoms with Crippen LogP contribution in [0.1, 0.15) is 47.5 Å². The Hall–Kier alpha value is -1.42. The van der Waals surface area contributed by atoms with E-state index in [1.165, 1.54) is 0 Å². The number of rotatable bonds is 6. The molecule has 1 rings (SSSR count). The summed E-state index contributed by atoms with van der Waals surface area (Å²) in [6, 6.07) is 0. The maximum Gasteiger partial charge on any atom is 0.216 e. The van der Waals surface area contributed by atoms with E-state index in [0.29, 0.717) is 24.0 Å². The van der Waals surface area contributed by atoms with E-state index in [1.54, 1.807) is 19.9 Å². The van der Waals surface area contributed by atoms with Crippen LogP contribution in [-0.2, 0) is 14.3 Å². The molecule has 0 aromatic carbocycles. The van der Waals surface area contributed by atoms with E-state index in [1.807, 2.05) is 20.8 Å². The smallest absolute Gasteiger partial charge is 0.216 e. The molecule has 4 heteroatoms. The van der Waals surface area contributed by atoms with Crippen LogP contribution < -0.4 is 0 Å². The number of aliphatic hydroxyl groups excluding tert-OH is 1. The van der Waals surface area contributed by atoms with Crippen molar-refractivity contribution in [2.45, 2.75) is 59.2 Å². The monoisotopic (exact) mass is 280 g/mol. The van der Waals surface area contributed by atoms with Gasteiger partial charge in [-0.15, -0.1) is 0 Å². The zero-order chi connectivity index (χ0) is 15.5. The van der Waals surface area contributed by atoms with Gasteiger partial charge in [0.2, 0.25) is 5.78 Å². The number of hydrogen-bond acceptors (Lipinski definition) is 4. The maximum atomic E-state index is 12.3. The molecule has 1 aliphatic rings. The van der Waals surface area contributed by atoms with Gasteiger partial charge >= 0.3 is 0 Å². The predicted octanol–water partition coefficient (Wildman–Crippen LogP) is 2.56. The van der Waals surface area contributed by atoms with Crippen molar-refractivity contribution in [1.29, 1.82) is 0 Å². The number of carbonyl (C=O) groups excluding carboxylic acids is 2. The van der Waals surface area contributed by atoms with E-state index < -0.39 is 11.7 Å². The van der Waals surface area contributed by atoms with E-state index in [2.05, 4.69) is 0 Å². The molecule has 3 atom stereocenters. The SMILES string of the molecule is CCC1=C(C=O)C(=O)C(C)(/C=C(\C)[C@H](O)[C@@H](C)CC)O1. The van der Waals surface area contributed by atoms with Gasteiger partial charge in [0, 0.05) is 6.42 Å². The number of Topliss-reactive ketones (excluding diaryl/α,β-unsaturated/α-hetero) is 1. The molecule has 112 valence electrons. The Morgan fingerprint density at radius 3 is 2.45 bits per heavy atom. The third-order valence-electron chi connectivity index (χ3n) is 3.92. The average Bonchev–Trinajstić information content (AvgIpc) is 2.68. The molecule has 0 radical (unpaired) electrons. The number of ether oxygens (including phenoxy) is 1. The summed E-state index contributed by atoms with van der Waals surface area (Å²) < 4.78 is 5.66. The summed E-state index contributed by atoms with van der Waals surface area (Å²) in [6.45, 7) is 9.20. The average molecular weight is 280 g/mol. The summed E-state index contributed by atoms with van der Waals surface area (Å²) in [5.74, 6) is 0.199. The van der Waals surface area contributed by atoms with Crippen molar-refractivity contribution < 1.29 is 19.4 Å². The van der Waals surface area contributed by atoms with Crippen LogP contribution in [0.3, 0.4) is 0 Å². The zero-order valence-electron chi connectivity index (χ0n) is 12.9. The Kier molecular flexibility index (Phi) is 5.28. The predicted molar refractivity (Wildman–Crippen MR) is 77.1 cm³/mol. The first kappa shape index (κ1) is 16.6. The van der Waals surface area contributed by atoms with Crippen LogP contribution in [0.25, 0.3) is 0 Å². The van der Waals surface area contributed by atoms with Gasteiger partial charge in [-0.3, -0.25) is 9.59 Å². The summed E-state index contributed by atoms with van der Waals surface area (Å²) in [7, 11) is 0. The molecule has 1 aliphatic heterocycles. The van der Waals surface area contributed by atoms with E-state index in [0.717, 1.165) is 6.42 Å². The highest BCUT2D eigenvalue weighted by molar-refractivity contribution is 6.18. The van der Waals surface area contributed by atoms with Gasteiger partial charge in [0.05, 0.1) is 11.7 Å². The van der Waals surface area contributed by atoms with Crippen molar-refractivity contribution in [2.75, 3.05) is 0 Å². The van der Waals surface area contributed by atoms with Gasteiger partial charge in [-0.2, -0.15) is 0 Å². The summed E-state index contributed by atoms with van der Waals surface area (Å²) >= 11 is 0. The second kappa shape index (κ2) is 6.35. The standard InChI is InChI=1S/C16H24O4/c1-6-10(3)14(18)11(4)8-16(5)15(19)12(9-17)13(7-2)20-16/h8-10,14,18H,6-7H2,1-5H3/b11-8+/t10-,14+,16?/m0/s1. The number of aldehydes is 1. The largest absolute Gasteiger partial charge is 0.479 e. The van der Waals surface area contributed by atoms with Crippen LogP contribution in [0.15, 0.2) is 23.0 Å². The molecule has 0 spiro atoms. The van der Waals surface area contributed by atoms with Crippen LogP contribution in [-0.4, -0.2) is 28.9 Å². The van der Waals surface area contributed by atoms with Gasteiger partial charge < -0.3 is 9.84 Å². The van der Waals surface area contributed by atoms with Crippen molar-refractivity contribution in [3.8, 4) is 0 Å². The molecule has 0 aliphatic carbocycles. The van der Waals surface area contributed by atoms with Crippen LogP contribution in [0.4, 0.5) is 0 Å². The number of allylic oxidation sites excluding steroid dienone is 1. The van der Waals surface area contributed by atoms with Crippen molar-refractivity contribution in [3.05, 3.63) is 23.0 Å². The van der Waals surface area contributed by atoms with Crippen molar-refractivity contribution in [2.24, 2.45) is 5.92 Å². The first-order valence-corrected chi connectivity index (χ1v) is 7.10. The van der Waals surface area contributed by atoms with E-state index >= 15 is 0 Å². The molecular weight excluding hydrogens is 256 g/mol. The Morgan fingerprint density at radius 2 is 2.05 bits per heavy atom. The number of ketones is 1. The Bertz CT molecular complexity index is 461. The molecule has 0 amide bonds. The molecule has 0 saturated heterocycles. The molecule has 4 nitrogen and oxygen atoms in total. The molecule has 0 saturated carbocycles. The van der Waals surface area contributed by atoms with Gasteiger partial charge in [-0.1, -0.05) is 27.2 Å². The second-order valence-corrected chi connectivity index (χ2v) is 5.57. The van der Waals surface area contributed by atoms with Gasteiger partial charge in [0.15, 0.2) is 11.9 Å². The van der Waals surface area contributed by atoms with Crippen LogP contribution in [0.5, 0.6) is 0 Å². The Labute approximate surface area is 120 Å². The van der Waals surface area contributed by atoms with Crippen LogP contribution in [0, 0.1) is 5.92 Å². The molecule has 0 aromatic heterocycles. The minimum atomic E-state index is -1.18. The molecule has 1 heterocycles. The lowest BCUT2D eigenvalue weighted by molar-refractivity contribution is -0.126. The van der Waals surface area contributed by atoms with Crippen LogP contribution in [0.2, 0.25) is 0 Å². The molecule has 1 unspecified atom stereocenters. The third-order valence-corrected chi connectivity index (χ3v) is 3.92. The molecule has 1 N–H and O–H groups in total. The van der Waals surface area contributed by atoms with Crippen LogP contribution >= 0.6 is 0 Å². The maximum absolute atomic E-state index is 12.3. The fourth-order valence-electron chi connectivity index (χ4n) is 2.42. The summed E-state index contributed by atoms with van der Waals surface area (Å²) in [5.41, 5.74) is -0.380. The first-order chi connectivity index (χ1) is 9.30. The highest BCUT2D eigenvalue weighted by Crippen LogP contribution is 2.34. The quantitative estimate of drug-likeness (QED) is 0.461. The van der Waals surface area contributed by atoms with Gasteiger partial charge in [0.25, 0.3) is 0 Å². The molecule has 20 heavy (non-hydrogen) atoms. The van der Waals surface area contributed by atoms with Gasteiger partial charge in [0.1, 0.15) is 5.76 Å². The number of carbonyl (C=O) groups is 2. The lowest BCUT2D eigenvalue weighted by atomic mass is 9.90. The normalized spacial score (nSPS) is 26.5. The second-order valence-electron chi connectivity index (χ2n) is 5.57. The number of aliphatic hydroxyl groups is 1. The Balaban J connectivity index is 3.04. The highest BCUT2D eigenvalue weighted by Gasteiger charge is 2.43. The molecule has 0 aromatic rings. The molecule has 0 fully saturated rings. The van der Waals surface area contributed by atoms with Gasteiger partial charge in [-0.05, 0) is 31.4 Å². The molecule has 0 bridgehead atoms. The first-order valence-electron chi connectivity index (χ1n) is 7.10. The summed E-state index contributed by atoms with van der Waals surface area (Å²) in [4.78, 5) is 23.3. The minimum absolute atomic E-state index is 0.107. The van der Waals surface area contributed by atoms with E-state index in [-0.39, 0.29) is 17.3 Å². The number of hydrogen-bond donors (Lipinski definition) is 1. The van der Waals surface area contributed by atoms with Crippen molar-refractivity contribution in [1.82, 2.24) is 0 Å².